The molecule has 0 aliphatic carbocycles. The molecule has 8 heteroatoms. The van der Waals surface area contributed by atoms with Crippen molar-refractivity contribution in [3.63, 3.8) is 0 Å². The molecule has 1 amide bonds. The van der Waals surface area contributed by atoms with E-state index in [1.54, 1.807) is 30.3 Å². The molecule has 2 N–H and O–H groups in total. The van der Waals surface area contributed by atoms with Crippen LogP contribution in [0.3, 0.4) is 0 Å². The van der Waals surface area contributed by atoms with Crippen LogP contribution < -0.4 is 14.8 Å². The van der Waals surface area contributed by atoms with E-state index in [0.29, 0.717) is 16.4 Å². The normalized spacial score (nSPS) is 11.0. The summed E-state index contributed by atoms with van der Waals surface area (Å²) in [6.45, 7) is 0. The number of benzene rings is 3. The van der Waals surface area contributed by atoms with Gasteiger partial charge in [0.2, 0.25) is 5.91 Å². The molecule has 0 bridgehead atoms. The first-order valence-electron chi connectivity index (χ1n) is 8.67. The maximum atomic E-state index is 12.9. The highest BCUT2D eigenvalue weighted by Gasteiger charge is 2.21. The summed E-state index contributed by atoms with van der Waals surface area (Å²) < 4.78 is 33.4. The summed E-state index contributed by atoms with van der Waals surface area (Å²) >= 11 is 5.84. The van der Waals surface area contributed by atoms with E-state index in [2.05, 4.69) is 10.0 Å². The van der Waals surface area contributed by atoms with E-state index in [9.17, 15) is 13.2 Å². The molecule has 0 heterocycles. The SMILES string of the molecule is COc1ccc(NC(=O)Cc2ccccc2)cc1S(=O)(=O)Nc1ccc(Cl)cc1. The van der Waals surface area contributed by atoms with Gasteiger partial charge in [0.1, 0.15) is 10.6 Å². The van der Waals surface area contributed by atoms with Gasteiger partial charge >= 0.3 is 0 Å². The lowest BCUT2D eigenvalue weighted by atomic mass is 10.1. The molecule has 29 heavy (non-hydrogen) atoms. The fraction of sp³-hybridized carbons (Fsp3) is 0.0952. The zero-order chi connectivity index (χ0) is 20.9. The van der Waals surface area contributed by atoms with Crippen LogP contribution in [0.4, 0.5) is 11.4 Å². The Kier molecular flexibility index (Phi) is 6.41. The number of rotatable bonds is 7. The molecule has 6 nitrogen and oxygen atoms in total. The van der Waals surface area contributed by atoms with Gasteiger partial charge in [0, 0.05) is 16.4 Å². The smallest absolute Gasteiger partial charge is 0.265 e. The fourth-order valence-corrected chi connectivity index (χ4v) is 4.06. The Bertz CT molecular complexity index is 1100. The van der Waals surface area contributed by atoms with E-state index < -0.39 is 10.0 Å². The quantitative estimate of drug-likeness (QED) is 0.584. The van der Waals surface area contributed by atoms with Crippen LogP contribution in [0, 0.1) is 0 Å². The average molecular weight is 431 g/mol. The van der Waals surface area contributed by atoms with Gasteiger partial charge in [-0.05, 0) is 48.0 Å². The highest BCUT2D eigenvalue weighted by Crippen LogP contribution is 2.29. The molecule has 3 aromatic carbocycles. The van der Waals surface area contributed by atoms with Gasteiger partial charge in [-0.3, -0.25) is 9.52 Å². The Morgan fingerprint density at radius 3 is 2.28 bits per heavy atom. The second-order valence-electron chi connectivity index (χ2n) is 6.19. The van der Waals surface area contributed by atoms with Crippen molar-refractivity contribution < 1.29 is 17.9 Å². The van der Waals surface area contributed by atoms with Gasteiger partial charge in [0.05, 0.1) is 13.5 Å². The van der Waals surface area contributed by atoms with Crippen molar-refractivity contribution in [2.45, 2.75) is 11.3 Å². The first kappa shape index (κ1) is 20.7. The first-order chi connectivity index (χ1) is 13.9. The van der Waals surface area contributed by atoms with Crippen LogP contribution in [0.1, 0.15) is 5.56 Å². The predicted octanol–water partition coefficient (Wildman–Crippen LogP) is 4.33. The lowest BCUT2D eigenvalue weighted by Gasteiger charge is -2.14. The fourth-order valence-electron chi connectivity index (χ4n) is 2.68. The Morgan fingerprint density at radius 2 is 1.62 bits per heavy atom. The van der Waals surface area contributed by atoms with Gasteiger partial charge in [-0.2, -0.15) is 0 Å². The zero-order valence-electron chi connectivity index (χ0n) is 15.6. The van der Waals surface area contributed by atoms with E-state index in [0.717, 1.165) is 5.56 Å². The number of carbonyl (C=O) groups excluding carboxylic acids is 1. The second kappa shape index (κ2) is 8.98. The molecule has 0 aliphatic rings. The van der Waals surface area contributed by atoms with Gasteiger partial charge in [-0.1, -0.05) is 41.9 Å². The molecule has 3 aromatic rings. The number of methoxy groups -OCH3 is 1. The molecule has 0 atom stereocenters. The third-order valence-corrected chi connectivity index (χ3v) is 5.70. The Labute approximate surface area is 174 Å². The number of halogens is 1. The molecular formula is C21H19ClN2O4S. The summed E-state index contributed by atoms with van der Waals surface area (Å²) in [5.41, 5.74) is 1.56. The minimum Gasteiger partial charge on any atom is -0.495 e. The Hall–Kier alpha value is -3.03. The summed E-state index contributed by atoms with van der Waals surface area (Å²) in [6, 6.07) is 20.0. The van der Waals surface area contributed by atoms with E-state index in [1.807, 2.05) is 30.3 Å². The van der Waals surface area contributed by atoms with Gasteiger partial charge in [0.25, 0.3) is 10.0 Å². The lowest BCUT2D eigenvalue weighted by molar-refractivity contribution is -0.115. The second-order valence-corrected chi connectivity index (χ2v) is 8.28. The van der Waals surface area contributed by atoms with E-state index in [-0.39, 0.29) is 23.0 Å². The third-order valence-electron chi connectivity index (χ3n) is 4.04. The summed E-state index contributed by atoms with van der Waals surface area (Å²) in [5, 5.41) is 3.22. The molecule has 0 aromatic heterocycles. The van der Waals surface area contributed by atoms with Crippen molar-refractivity contribution in [1.29, 1.82) is 0 Å². The summed E-state index contributed by atoms with van der Waals surface area (Å²) in [6.07, 6.45) is 0.179. The number of amides is 1. The molecule has 0 saturated carbocycles. The number of nitrogens with one attached hydrogen (secondary N) is 2. The average Bonchev–Trinajstić information content (AvgIpc) is 2.70. The van der Waals surface area contributed by atoms with Crippen LogP contribution in [0.25, 0.3) is 0 Å². The van der Waals surface area contributed by atoms with Crippen molar-refractivity contribution >= 4 is 38.9 Å². The minimum atomic E-state index is -3.96. The number of ether oxygens (including phenoxy) is 1. The van der Waals surface area contributed by atoms with Crippen LogP contribution in [0.2, 0.25) is 5.02 Å². The molecule has 150 valence electrons. The van der Waals surface area contributed by atoms with E-state index >= 15 is 0 Å². The van der Waals surface area contributed by atoms with Crippen LogP contribution in [-0.2, 0) is 21.2 Å². The van der Waals surface area contributed by atoms with Crippen LogP contribution >= 0.6 is 11.6 Å². The lowest BCUT2D eigenvalue weighted by Crippen LogP contribution is -2.17. The van der Waals surface area contributed by atoms with Crippen molar-refractivity contribution in [2.75, 3.05) is 17.1 Å². The van der Waals surface area contributed by atoms with E-state index in [1.165, 1.54) is 19.2 Å². The van der Waals surface area contributed by atoms with Gasteiger partial charge in [0.15, 0.2) is 0 Å². The van der Waals surface area contributed by atoms with Crippen LogP contribution in [0.15, 0.2) is 77.7 Å². The van der Waals surface area contributed by atoms with Crippen molar-refractivity contribution in [1.82, 2.24) is 0 Å². The van der Waals surface area contributed by atoms with Gasteiger partial charge in [-0.25, -0.2) is 8.42 Å². The van der Waals surface area contributed by atoms with Gasteiger partial charge in [-0.15, -0.1) is 0 Å². The zero-order valence-corrected chi connectivity index (χ0v) is 17.1. The monoisotopic (exact) mass is 430 g/mol. The Balaban J connectivity index is 1.82. The number of hydrogen-bond donors (Lipinski definition) is 2. The largest absolute Gasteiger partial charge is 0.495 e. The van der Waals surface area contributed by atoms with Crippen molar-refractivity contribution in [2.24, 2.45) is 0 Å². The number of hydrogen-bond acceptors (Lipinski definition) is 4. The highest BCUT2D eigenvalue weighted by molar-refractivity contribution is 7.92. The third kappa shape index (κ3) is 5.49. The van der Waals surface area contributed by atoms with Gasteiger partial charge < -0.3 is 10.1 Å². The molecule has 0 fully saturated rings. The van der Waals surface area contributed by atoms with Crippen LogP contribution in [0.5, 0.6) is 5.75 Å². The van der Waals surface area contributed by atoms with Crippen molar-refractivity contribution in [3.8, 4) is 5.75 Å². The van der Waals surface area contributed by atoms with Crippen molar-refractivity contribution in [3.05, 3.63) is 83.4 Å². The number of sulfonamides is 1. The van der Waals surface area contributed by atoms with E-state index in [4.69, 9.17) is 16.3 Å². The maximum absolute atomic E-state index is 12.9. The summed E-state index contributed by atoms with van der Waals surface area (Å²) in [7, 11) is -2.58. The molecule has 0 radical (unpaired) electrons. The predicted molar refractivity (Wildman–Crippen MR) is 114 cm³/mol. The minimum absolute atomic E-state index is 0.0903. The topological polar surface area (TPSA) is 84.5 Å². The standard InChI is InChI=1S/C21H19ClN2O4S/c1-28-19-12-11-18(23-21(25)13-15-5-3-2-4-6-15)14-20(19)29(26,27)24-17-9-7-16(22)8-10-17/h2-12,14,24H,13H2,1H3,(H,23,25). The summed E-state index contributed by atoms with van der Waals surface area (Å²) in [5.74, 6) is -0.0945. The molecule has 0 saturated heterocycles. The molecular weight excluding hydrogens is 412 g/mol. The maximum Gasteiger partial charge on any atom is 0.265 e. The number of carbonyl (C=O) groups is 1. The number of anilines is 2. The first-order valence-corrected chi connectivity index (χ1v) is 10.5. The molecule has 0 unspecified atom stereocenters. The summed E-state index contributed by atoms with van der Waals surface area (Å²) in [4.78, 5) is 12.2. The molecule has 0 spiro atoms. The molecule has 0 aliphatic heterocycles. The highest BCUT2D eigenvalue weighted by atomic mass is 35.5. The molecule has 3 rings (SSSR count). The Morgan fingerprint density at radius 1 is 0.966 bits per heavy atom. The van der Waals surface area contributed by atoms with Crippen LogP contribution in [-0.4, -0.2) is 21.4 Å².